The second kappa shape index (κ2) is 5.21. The zero-order valence-corrected chi connectivity index (χ0v) is 10.8. The molecule has 0 saturated heterocycles. The van der Waals surface area contributed by atoms with E-state index < -0.39 is 11.7 Å². The Morgan fingerprint density at radius 3 is 2.67 bits per heavy atom. The van der Waals surface area contributed by atoms with Gasteiger partial charge in [-0.2, -0.15) is 0 Å². The molecule has 4 nitrogen and oxygen atoms in total. The van der Waals surface area contributed by atoms with Crippen LogP contribution in [0.25, 0.3) is 0 Å². The molecule has 1 heterocycles. The molecule has 0 aromatic heterocycles. The average molecular weight is 246 g/mol. The maximum atomic E-state index is 11.5. The third kappa shape index (κ3) is 2.23. The summed E-state index contributed by atoms with van der Waals surface area (Å²) in [4.78, 5) is 25.0. The number of nitrogens with zero attached hydrogens (tertiary/aromatic N) is 1. The van der Waals surface area contributed by atoms with Gasteiger partial charge in [-0.05, 0) is 31.5 Å². The standard InChI is InChI=1S/C14H18N2O2/c1-3-5-8-16(4-2)10-6-7-11-12(9-10)15-14(18)13(11)17/h6-7,9H,3-5,8H2,1-2H3,(H,15,17,18). The van der Waals surface area contributed by atoms with Crippen LogP contribution < -0.4 is 10.2 Å². The van der Waals surface area contributed by atoms with E-state index in [1.165, 1.54) is 0 Å². The maximum absolute atomic E-state index is 11.5. The van der Waals surface area contributed by atoms with Crippen molar-refractivity contribution in [2.24, 2.45) is 0 Å². The molecular weight excluding hydrogens is 228 g/mol. The molecule has 0 atom stereocenters. The molecule has 4 heteroatoms. The summed E-state index contributed by atoms with van der Waals surface area (Å²) in [6.07, 6.45) is 2.28. The molecule has 96 valence electrons. The predicted molar refractivity (Wildman–Crippen MR) is 72.2 cm³/mol. The highest BCUT2D eigenvalue weighted by Gasteiger charge is 2.28. The largest absolute Gasteiger partial charge is 0.372 e. The van der Waals surface area contributed by atoms with Crippen molar-refractivity contribution < 1.29 is 9.59 Å². The number of hydrogen-bond acceptors (Lipinski definition) is 3. The summed E-state index contributed by atoms with van der Waals surface area (Å²) in [6, 6.07) is 5.53. The molecule has 1 aromatic carbocycles. The van der Waals surface area contributed by atoms with Gasteiger partial charge in [0.25, 0.3) is 11.7 Å². The zero-order valence-electron chi connectivity index (χ0n) is 10.8. The SMILES string of the molecule is CCCCN(CC)c1ccc2c(c1)NC(=O)C2=O. The van der Waals surface area contributed by atoms with Gasteiger partial charge < -0.3 is 10.2 Å². The van der Waals surface area contributed by atoms with Gasteiger partial charge in [-0.3, -0.25) is 9.59 Å². The van der Waals surface area contributed by atoms with Crippen LogP contribution in [-0.4, -0.2) is 24.8 Å². The quantitative estimate of drug-likeness (QED) is 0.812. The molecule has 1 N–H and O–H groups in total. The van der Waals surface area contributed by atoms with Crippen LogP contribution in [0.2, 0.25) is 0 Å². The fourth-order valence-corrected chi connectivity index (χ4v) is 2.15. The van der Waals surface area contributed by atoms with Gasteiger partial charge in [0.1, 0.15) is 0 Å². The first kappa shape index (κ1) is 12.6. The topological polar surface area (TPSA) is 49.4 Å². The number of amides is 1. The molecule has 0 spiro atoms. The lowest BCUT2D eigenvalue weighted by molar-refractivity contribution is -0.112. The summed E-state index contributed by atoms with van der Waals surface area (Å²) in [5, 5.41) is 2.61. The highest BCUT2D eigenvalue weighted by Crippen LogP contribution is 2.28. The van der Waals surface area contributed by atoms with Crippen LogP contribution in [0.4, 0.5) is 11.4 Å². The molecule has 0 fully saturated rings. The van der Waals surface area contributed by atoms with Gasteiger partial charge in [0.05, 0.1) is 11.3 Å². The van der Waals surface area contributed by atoms with Gasteiger partial charge in [-0.25, -0.2) is 0 Å². The van der Waals surface area contributed by atoms with Gasteiger partial charge in [-0.15, -0.1) is 0 Å². The van der Waals surface area contributed by atoms with Crippen LogP contribution in [0.1, 0.15) is 37.0 Å². The lowest BCUT2D eigenvalue weighted by Gasteiger charge is -2.23. The lowest BCUT2D eigenvalue weighted by atomic mass is 10.1. The molecule has 1 amide bonds. The summed E-state index contributed by atoms with van der Waals surface area (Å²) < 4.78 is 0. The molecule has 1 aliphatic heterocycles. The highest BCUT2D eigenvalue weighted by molar-refractivity contribution is 6.51. The van der Waals surface area contributed by atoms with Crippen molar-refractivity contribution in [1.82, 2.24) is 0 Å². The van der Waals surface area contributed by atoms with E-state index in [4.69, 9.17) is 0 Å². The molecular formula is C14H18N2O2. The Kier molecular flexibility index (Phi) is 3.65. The van der Waals surface area contributed by atoms with Crippen molar-refractivity contribution in [2.45, 2.75) is 26.7 Å². The normalized spacial score (nSPS) is 13.4. The number of ketones is 1. The van der Waals surface area contributed by atoms with E-state index in [-0.39, 0.29) is 0 Å². The van der Waals surface area contributed by atoms with Crippen LogP contribution >= 0.6 is 0 Å². The monoisotopic (exact) mass is 246 g/mol. The van der Waals surface area contributed by atoms with Crippen molar-refractivity contribution in [2.75, 3.05) is 23.3 Å². The fourth-order valence-electron chi connectivity index (χ4n) is 2.15. The maximum Gasteiger partial charge on any atom is 0.296 e. The second-order valence-electron chi connectivity index (χ2n) is 4.45. The Hall–Kier alpha value is -1.84. The van der Waals surface area contributed by atoms with Crippen LogP contribution in [-0.2, 0) is 4.79 Å². The van der Waals surface area contributed by atoms with E-state index in [0.717, 1.165) is 31.6 Å². The number of fused-ring (bicyclic) bond motifs is 1. The minimum atomic E-state index is -0.529. The number of benzene rings is 1. The van der Waals surface area contributed by atoms with E-state index in [2.05, 4.69) is 24.1 Å². The van der Waals surface area contributed by atoms with Crippen molar-refractivity contribution in [3.8, 4) is 0 Å². The van der Waals surface area contributed by atoms with Gasteiger partial charge in [0.15, 0.2) is 0 Å². The third-order valence-electron chi connectivity index (χ3n) is 3.23. The number of Topliss-reactive ketones (excluding diaryl/α,β-unsaturated/α-hetero) is 1. The molecule has 18 heavy (non-hydrogen) atoms. The molecule has 1 aliphatic rings. The Bertz CT molecular complexity index is 483. The van der Waals surface area contributed by atoms with Crippen LogP contribution in [0.5, 0.6) is 0 Å². The molecule has 0 saturated carbocycles. The molecule has 0 aliphatic carbocycles. The van der Waals surface area contributed by atoms with Gasteiger partial charge in [-0.1, -0.05) is 13.3 Å². The predicted octanol–water partition coefficient (Wildman–Crippen LogP) is 2.45. The van der Waals surface area contributed by atoms with Crippen LogP contribution in [0, 0.1) is 0 Å². The molecule has 2 rings (SSSR count). The summed E-state index contributed by atoms with van der Waals surface area (Å²) in [5.41, 5.74) is 2.17. The lowest BCUT2D eigenvalue weighted by Crippen LogP contribution is -2.23. The van der Waals surface area contributed by atoms with E-state index >= 15 is 0 Å². The second-order valence-corrected chi connectivity index (χ2v) is 4.45. The van der Waals surface area contributed by atoms with Gasteiger partial charge in [0, 0.05) is 18.8 Å². The van der Waals surface area contributed by atoms with Gasteiger partial charge >= 0.3 is 0 Å². The molecule has 0 radical (unpaired) electrons. The smallest absolute Gasteiger partial charge is 0.296 e. The summed E-state index contributed by atoms with van der Waals surface area (Å²) in [5.74, 6) is -0.966. The number of carbonyl (C=O) groups excluding carboxylic acids is 2. The first-order valence-corrected chi connectivity index (χ1v) is 6.42. The summed E-state index contributed by atoms with van der Waals surface area (Å²) >= 11 is 0. The van der Waals surface area contributed by atoms with E-state index in [1.807, 2.05) is 12.1 Å². The number of unbranched alkanes of at least 4 members (excludes halogenated alkanes) is 1. The first-order valence-electron chi connectivity index (χ1n) is 6.42. The van der Waals surface area contributed by atoms with Crippen molar-refractivity contribution in [3.05, 3.63) is 23.8 Å². The fraction of sp³-hybridized carbons (Fsp3) is 0.429. The number of carbonyl (C=O) groups is 2. The Balaban J connectivity index is 2.24. The average Bonchev–Trinajstić information content (AvgIpc) is 2.66. The Morgan fingerprint density at radius 1 is 1.22 bits per heavy atom. The minimum absolute atomic E-state index is 0.437. The highest BCUT2D eigenvalue weighted by atomic mass is 16.2. The van der Waals surface area contributed by atoms with Crippen molar-refractivity contribution in [1.29, 1.82) is 0 Å². The molecule has 0 bridgehead atoms. The Labute approximate surface area is 107 Å². The number of hydrogen-bond donors (Lipinski definition) is 1. The van der Waals surface area contributed by atoms with Crippen molar-refractivity contribution >= 4 is 23.1 Å². The Morgan fingerprint density at radius 2 is 2.00 bits per heavy atom. The van der Waals surface area contributed by atoms with E-state index in [1.54, 1.807) is 6.07 Å². The first-order chi connectivity index (χ1) is 8.67. The van der Waals surface area contributed by atoms with Crippen LogP contribution in [0.15, 0.2) is 18.2 Å². The number of rotatable bonds is 5. The van der Waals surface area contributed by atoms with E-state index in [0.29, 0.717) is 11.3 Å². The number of nitrogens with one attached hydrogen (secondary N) is 1. The summed E-state index contributed by atoms with van der Waals surface area (Å²) in [7, 11) is 0. The summed E-state index contributed by atoms with van der Waals surface area (Å²) in [6.45, 7) is 6.18. The van der Waals surface area contributed by atoms with Crippen molar-refractivity contribution in [3.63, 3.8) is 0 Å². The van der Waals surface area contributed by atoms with Gasteiger partial charge in [0.2, 0.25) is 0 Å². The zero-order chi connectivity index (χ0) is 13.1. The van der Waals surface area contributed by atoms with E-state index in [9.17, 15) is 9.59 Å². The van der Waals surface area contributed by atoms with Crippen LogP contribution in [0.3, 0.4) is 0 Å². The minimum Gasteiger partial charge on any atom is -0.372 e. The number of anilines is 2. The molecule has 1 aromatic rings. The third-order valence-corrected chi connectivity index (χ3v) is 3.23. The molecule has 0 unspecified atom stereocenters.